The summed E-state index contributed by atoms with van der Waals surface area (Å²) in [7, 11) is 1.61. The van der Waals surface area contributed by atoms with Gasteiger partial charge in [-0.25, -0.2) is 0 Å². The van der Waals surface area contributed by atoms with Crippen molar-refractivity contribution in [2.75, 3.05) is 20.3 Å². The maximum atomic E-state index is 11.9. The topological polar surface area (TPSA) is 43.3 Å². The fourth-order valence-corrected chi connectivity index (χ4v) is 2.21. The molecule has 4 nitrogen and oxygen atoms in total. The Balaban J connectivity index is 2.12. The molecule has 20 heavy (non-hydrogen) atoms. The Labute approximate surface area is 119 Å². The number of methoxy groups -OCH3 is 1. The number of nitrogens with zero attached hydrogens (tertiary/aromatic N) is 1. The van der Waals surface area contributed by atoms with E-state index in [1.54, 1.807) is 7.11 Å². The summed E-state index contributed by atoms with van der Waals surface area (Å²) in [5, 5.41) is 2.81. The average Bonchev–Trinajstić information content (AvgIpc) is 2.78. The number of nitrogens with one attached hydrogen (secondary N) is 1. The molecule has 1 aromatic heterocycles. The van der Waals surface area contributed by atoms with Crippen molar-refractivity contribution in [2.45, 2.75) is 13.8 Å². The van der Waals surface area contributed by atoms with E-state index in [1.165, 1.54) is 11.4 Å². The van der Waals surface area contributed by atoms with Crippen LogP contribution >= 0.6 is 0 Å². The molecular formula is C16H20N2O2. The molecule has 4 heteroatoms. The van der Waals surface area contributed by atoms with E-state index in [0.717, 1.165) is 5.69 Å². The Morgan fingerprint density at radius 1 is 1.10 bits per heavy atom. The van der Waals surface area contributed by atoms with Crippen LogP contribution in [0.3, 0.4) is 0 Å². The van der Waals surface area contributed by atoms with E-state index in [1.807, 2.05) is 24.3 Å². The quantitative estimate of drug-likeness (QED) is 0.850. The summed E-state index contributed by atoms with van der Waals surface area (Å²) in [6.07, 6.45) is 0. The molecule has 0 atom stereocenters. The van der Waals surface area contributed by atoms with Crippen molar-refractivity contribution in [3.8, 4) is 5.69 Å². The first-order valence-corrected chi connectivity index (χ1v) is 6.66. The predicted molar refractivity (Wildman–Crippen MR) is 79.5 cm³/mol. The molecule has 2 rings (SSSR count). The van der Waals surface area contributed by atoms with E-state index in [4.69, 9.17) is 4.74 Å². The van der Waals surface area contributed by atoms with Crippen molar-refractivity contribution in [3.05, 3.63) is 53.3 Å². The first-order valence-electron chi connectivity index (χ1n) is 6.66. The van der Waals surface area contributed by atoms with Gasteiger partial charge in [0.1, 0.15) is 0 Å². The molecule has 1 heterocycles. The summed E-state index contributed by atoms with van der Waals surface area (Å²) >= 11 is 0. The zero-order valence-corrected chi connectivity index (χ0v) is 12.1. The highest BCUT2D eigenvalue weighted by atomic mass is 16.5. The molecule has 106 valence electrons. The second kappa shape index (κ2) is 6.39. The van der Waals surface area contributed by atoms with Gasteiger partial charge in [-0.1, -0.05) is 0 Å². The van der Waals surface area contributed by atoms with Crippen LogP contribution in [0.2, 0.25) is 0 Å². The second-order valence-electron chi connectivity index (χ2n) is 4.75. The first-order chi connectivity index (χ1) is 9.63. The summed E-state index contributed by atoms with van der Waals surface area (Å²) in [5.74, 6) is -0.0745. The van der Waals surface area contributed by atoms with Gasteiger partial charge in [0.15, 0.2) is 0 Å². The SMILES string of the molecule is COCCNC(=O)c1ccc(-n2c(C)ccc2C)cc1. The monoisotopic (exact) mass is 272 g/mol. The molecule has 1 amide bonds. The smallest absolute Gasteiger partial charge is 0.251 e. The first kappa shape index (κ1) is 14.3. The van der Waals surface area contributed by atoms with E-state index >= 15 is 0 Å². The summed E-state index contributed by atoms with van der Waals surface area (Å²) < 4.78 is 7.06. The molecule has 0 saturated heterocycles. The van der Waals surface area contributed by atoms with Gasteiger partial charge in [0, 0.05) is 36.3 Å². The number of carbonyl (C=O) groups is 1. The highest BCUT2D eigenvalue weighted by Gasteiger charge is 2.07. The summed E-state index contributed by atoms with van der Waals surface area (Å²) in [4.78, 5) is 11.9. The van der Waals surface area contributed by atoms with Crippen LogP contribution in [0.15, 0.2) is 36.4 Å². The molecule has 0 spiro atoms. The van der Waals surface area contributed by atoms with Gasteiger partial charge >= 0.3 is 0 Å². The lowest BCUT2D eigenvalue weighted by molar-refractivity contribution is 0.0937. The Kier molecular flexibility index (Phi) is 4.58. The zero-order valence-electron chi connectivity index (χ0n) is 12.1. The summed E-state index contributed by atoms with van der Waals surface area (Å²) in [5.41, 5.74) is 4.09. The van der Waals surface area contributed by atoms with Crippen LogP contribution in [0.4, 0.5) is 0 Å². The fraction of sp³-hybridized carbons (Fsp3) is 0.312. The summed E-state index contributed by atoms with van der Waals surface area (Å²) in [6, 6.07) is 11.8. The van der Waals surface area contributed by atoms with E-state index in [-0.39, 0.29) is 5.91 Å². The lowest BCUT2D eigenvalue weighted by Crippen LogP contribution is -2.26. The van der Waals surface area contributed by atoms with Crippen LogP contribution in [-0.4, -0.2) is 30.7 Å². The predicted octanol–water partition coefficient (Wildman–Crippen LogP) is 2.47. The molecule has 0 bridgehead atoms. The van der Waals surface area contributed by atoms with Crippen LogP contribution in [-0.2, 0) is 4.74 Å². The lowest BCUT2D eigenvalue weighted by atomic mass is 10.2. The van der Waals surface area contributed by atoms with Crippen LogP contribution in [0.25, 0.3) is 5.69 Å². The lowest BCUT2D eigenvalue weighted by Gasteiger charge is -2.10. The third-order valence-corrected chi connectivity index (χ3v) is 3.25. The van der Waals surface area contributed by atoms with Gasteiger partial charge in [-0.3, -0.25) is 4.79 Å². The van der Waals surface area contributed by atoms with Gasteiger partial charge in [-0.05, 0) is 50.2 Å². The Morgan fingerprint density at radius 2 is 1.70 bits per heavy atom. The van der Waals surface area contributed by atoms with Crippen molar-refractivity contribution < 1.29 is 9.53 Å². The largest absolute Gasteiger partial charge is 0.383 e. The number of aromatic nitrogens is 1. The molecule has 0 radical (unpaired) electrons. The van der Waals surface area contributed by atoms with Crippen LogP contribution in [0.1, 0.15) is 21.7 Å². The Morgan fingerprint density at radius 3 is 2.25 bits per heavy atom. The molecular weight excluding hydrogens is 252 g/mol. The van der Waals surface area contributed by atoms with Crippen LogP contribution in [0.5, 0.6) is 0 Å². The number of benzene rings is 1. The van der Waals surface area contributed by atoms with Crippen LogP contribution in [0, 0.1) is 13.8 Å². The Bertz CT molecular complexity index is 566. The van der Waals surface area contributed by atoms with Crippen molar-refractivity contribution in [3.63, 3.8) is 0 Å². The zero-order chi connectivity index (χ0) is 14.5. The van der Waals surface area contributed by atoms with Gasteiger partial charge in [-0.2, -0.15) is 0 Å². The van der Waals surface area contributed by atoms with Gasteiger partial charge in [0.25, 0.3) is 5.91 Å². The third kappa shape index (κ3) is 3.08. The fourth-order valence-electron chi connectivity index (χ4n) is 2.21. The maximum Gasteiger partial charge on any atom is 0.251 e. The molecule has 1 aromatic carbocycles. The number of ether oxygens (including phenoxy) is 1. The number of rotatable bonds is 5. The minimum absolute atomic E-state index is 0.0745. The molecule has 0 saturated carbocycles. The van der Waals surface area contributed by atoms with Crippen LogP contribution < -0.4 is 5.32 Å². The maximum absolute atomic E-state index is 11.9. The normalized spacial score (nSPS) is 10.6. The van der Waals surface area contributed by atoms with E-state index in [9.17, 15) is 4.79 Å². The summed E-state index contributed by atoms with van der Waals surface area (Å²) in [6.45, 7) is 5.18. The average molecular weight is 272 g/mol. The minimum atomic E-state index is -0.0745. The van der Waals surface area contributed by atoms with E-state index < -0.39 is 0 Å². The molecule has 0 unspecified atom stereocenters. The highest BCUT2D eigenvalue weighted by Crippen LogP contribution is 2.16. The van der Waals surface area contributed by atoms with Crippen molar-refractivity contribution in [2.24, 2.45) is 0 Å². The minimum Gasteiger partial charge on any atom is -0.383 e. The number of carbonyl (C=O) groups excluding carboxylic acids is 1. The van der Waals surface area contributed by atoms with Crippen molar-refractivity contribution >= 4 is 5.91 Å². The van der Waals surface area contributed by atoms with E-state index in [0.29, 0.717) is 18.7 Å². The van der Waals surface area contributed by atoms with Gasteiger partial charge in [0.05, 0.1) is 6.61 Å². The van der Waals surface area contributed by atoms with E-state index in [2.05, 4.69) is 35.9 Å². The molecule has 0 aliphatic rings. The van der Waals surface area contributed by atoms with Crippen molar-refractivity contribution in [1.82, 2.24) is 9.88 Å². The Hall–Kier alpha value is -2.07. The molecule has 0 aliphatic heterocycles. The second-order valence-corrected chi connectivity index (χ2v) is 4.75. The number of amides is 1. The number of aryl methyl sites for hydroxylation is 2. The van der Waals surface area contributed by atoms with Gasteiger partial charge in [0.2, 0.25) is 0 Å². The standard InChI is InChI=1S/C16H20N2O2/c1-12-4-5-13(2)18(12)15-8-6-14(7-9-15)16(19)17-10-11-20-3/h4-9H,10-11H2,1-3H3,(H,17,19). The van der Waals surface area contributed by atoms with Gasteiger partial charge < -0.3 is 14.6 Å². The molecule has 0 aliphatic carbocycles. The number of hydrogen-bond acceptors (Lipinski definition) is 2. The highest BCUT2D eigenvalue weighted by molar-refractivity contribution is 5.94. The molecule has 1 N–H and O–H groups in total. The third-order valence-electron chi connectivity index (χ3n) is 3.25. The molecule has 2 aromatic rings. The van der Waals surface area contributed by atoms with Gasteiger partial charge in [-0.15, -0.1) is 0 Å². The number of hydrogen-bond donors (Lipinski definition) is 1. The molecule has 0 fully saturated rings. The van der Waals surface area contributed by atoms with Crippen molar-refractivity contribution in [1.29, 1.82) is 0 Å².